The summed E-state index contributed by atoms with van der Waals surface area (Å²) in [6, 6.07) is 3.30. The molecule has 20 heavy (non-hydrogen) atoms. The third-order valence-electron chi connectivity index (χ3n) is 2.52. The monoisotopic (exact) mass is 270 g/mol. The van der Waals surface area contributed by atoms with Crippen LogP contribution in [0.1, 0.15) is 16.1 Å². The molecule has 0 bridgehead atoms. The third kappa shape index (κ3) is 3.93. The normalized spacial score (nSPS) is 9.65. The highest BCUT2D eigenvalue weighted by Gasteiger charge is 2.05. The first-order valence-corrected chi connectivity index (χ1v) is 6.09. The summed E-state index contributed by atoms with van der Waals surface area (Å²) in [6.45, 7) is 0.964. The summed E-state index contributed by atoms with van der Waals surface area (Å²) < 4.78 is 1.88. The van der Waals surface area contributed by atoms with E-state index in [1.807, 2.05) is 10.8 Å². The maximum absolute atomic E-state index is 11.8. The van der Waals surface area contributed by atoms with Crippen LogP contribution in [0.5, 0.6) is 0 Å². The second kappa shape index (κ2) is 7.07. The summed E-state index contributed by atoms with van der Waals surface area (Å²) in [7, 11) is 0. The van der Waals surface area contributed by atoms with Crippen molar-refractivity contribution >= 4 is 5.91 Å². The van der Waals surface area contributed by atoms with Crippen LogP contribution in [0.3, 0.4) is 0 Å². The van der Waals surface area contributed by atoms with Gasteiger partial charge in [-0.05, 0) is 12.1 Å². The Morgan fingerprint density at radius 3 is 3.00 bits per heavy atom. The first kappa shape index (κ1) is 13.8. The van der Waals surface area contributed by atoms with E-state index < -0.39 is 0 Å². The minimum absolute atomic E-state index is 0.198. The molecule has 0 unspecified atom stereocenters. The van der Waals surface area contributed by atoms with E-state index in [2.05, 4.69) is 27.1 Å². The standard InChI is InChI=1S/C14H14N4O2/c19-9-1-2-12-3-4-13(17-10-12)14(20)16-6-8-18-7-5-15-11-18/h3-5,7,10-11,19H,6,8-9H2,(H,16,20). The molecule has 0 spiro atoms. The van der Waals surface area contributed by atoms with Gasteiger partial charge in [0, 0.05) is 37.2 Å². The van der Waals surface area contributed by atoms with E-state index in [4.69, 9.17) is 5.11 Å². The molecule has 2 heterocycles. The van der Waals surface area contributed by atoms with Crippen molar-refractivity contribution in [3.05, 3.63) is 48.3 Å². The zero-order chi connectivity index (χ0) is 14.2. The molecule has 1 amide bonds. The first-order chi connectivity index (χ1) is 9.79. The highest BCUT2D eigenvalue weighted by molar-refractivity contribution is 5.92. The van der Waals surface area contributed by atoms with E-state index >= 15 is 0 Å². The van der Waals surface area contributed by atoms with E-state index in [1.165, 1.54) is 6.20 Å². The molecule has 2 aromatic heterocycles. The third-order valence-corrected chi connectivity index (χ3v) is 2.52. The summed E-state index contributed by atoms with van der Waals surface area (Å²) in [5.41, 5.74) is 0.999. The molecule has 0 saturated carbocycles. The lowest BCUT2D eigenvalue weighted by atomic mass is 10.2. The van der Waals surface area contributed by atoms with E-state index in [0.29, 0.717) is 24.3 Å². The van der Waals surface area contributed by atoms with E-state index in [1.54, 1.807) is 24.7 Å². The molecule has 2 N–H and O–H groups in total. The molecule has 0 atom stereocenters. The van der Waals surface area contributed by atoms with E-state index in [0.717, 1.165) is 0 Å². The molecule has 0 aliphatic heterocycles. The Hall–Kier alpha value is -2.65. The number of pyridine rings is 1. The molecule has 0 aromatic carbocycles. The number of aromatic nitrogens is 3. The lowest BCUT2D eigenvalue weighted by Crippen LogP contribution is -2.27. The zero-order valence-corrected chi connectivity index (χ0v) is 10.8. The molecular weight excluding hydrogens is 256 g/mol. The van der Waals surface area contributed by atoms with Crippen molar-refractivity contribution in [3.8, 4) is 11.8 Å². The second-order valence-electron chi connectivity index (χ2n) is 3.95. The van der Waals surface area contributed by atoms with Gasteiger partial charge in [0.1, 0.15) is 12.3 Å². The van der Waals surface area contributed by atoms with Crippen LogP contribution in [0.4, 0.5) is 0 Å². The summed E-state index contributed by atoms with van der Waals surface area (Å²) >= 11 is 0. The van der Waals surface area contributed by atoms with Crippen LogP contribution in [0.2, 0.25) is 0 Å². The predicted molar refractivity (Wildman–Crippen MR) is 72.8 cm³/mol. The Balaban J connectivity index is 1.85. The van der Waals surface area contributed by atoms with Crippen LogP contribution >= 0.6 is 0 Å². The number of aliphatic hydroxyl groups is 1. The molecule has 102 valence electrons. The quantitative estimate of drug-likeness (QED) is 0.769. The highest BCUT2D eigenvalue weighted by Crippen LogP contribution is 1.99. The molecule has 0 fully saturated rings. The van der Waals surface area contributed by atoms with Gasteiger partial charge in [0.2, 0.25) is 0 Å². The van der Waals surface area contributed by atoms with Gasteiger partial charge in [0.15, 0.2) is 0 Å². The van der Waals surface area contributed by atoms with Gasteiger partial charge in [-0.2, -0.15) is 0 Å². The number of nitrogens with zero attached hydrogens (tertiary/aromatic N) is 3. The van der Waals surface area contributed by atoms with Gasteiger partial charge in [-0.15, -0.1) is 0 Å². The highest BCUT2D eigenvalue weighted by atomic mass is 16.2. The Bertz CT molecular complexity index is 609. The molecule has 0 saturated heterocycles. The number of aliphatic hydroxyl groups excluding tert-OH is 1. The number of amides is 1. The van der Waals surface area contributed by atoms with E-state index in [9.17, 15) is 4.79 Å². The van der Waals surface area contributed by atoms with Crippen LogP contribution in [0.15, 0.2) is 37.1 Å². The van der Waals surface area contributed by atoms with Crippen molar-refractivity contribution in [2.24, 2.45) is 0 Å². The number of hydrogen-bond donors (Lipinski definition) is 2. The van der Waals surface area contributed by atoms with Gasteiger partial charge < -0.3 is 15.0 Å². The molecular formula is C14H14N4O2. The van der Waals surface area contributed by atoms with Gasteiger partial charge in [-0.3, -0.25) is 4.79 Å². The number of hydrogen-bond acceptors (Lipinski definition) is 4. The minimum Gasteiger partial charge on any atom is -0.384 e. The molecule has 2 aromatic rings. The van der Waals surface area contributed by atoms with Crippen LogP contribution in [-0.2, 0) is 6.54 Å². The summed E-state index contributed by atoms with van der Waals surface area (Å²) in [4.78, 5) is 19.8. The average Bonchev–Trinajstić information content (AvgIpc) is 2.99. The Kier molecular flexibility index (Phi) is 4.87. The van der Waals surface area contributed by atoms with Crippen molar-refractivity contribution in [2.45, 2.75) is 6.54 Å². The number of imidazole rings is 1. The fraction of sp³-hybridized carbons (Fsp3) is 0.214. The van der Waals surface area contributed by atoms with Crippen molar-refractivity contribution in [1.82, 2.24) is 19.9 Å². The maximum atomic E-state index is 11.8. The number of nitrogens with one attached hydrogen (secondary N) is 1. The minimum atomic E-state index is -0.230. The lowest BCUT2D eigenvalue weighted by Gasteiger charge is -2.05. The average molecular weight is 270 g/mol. The van der Waals surface area contributed by atoms with Gasteiger partial charge >= 0.3 is 0 Å². The Labute approximate surface area is 116 Å². The fourth-order valence-corrected chi connectivity index (χ4v) is 1.55. The lowest BCUT2D eigenvalue weighted by molar-refractivity contribution is 0.0947. The number of carbonyl (C=O) groups is 1. The van der Waals surface area contributed by atoms with Gasteiger partial charge in [0.25, 0.3) is 5.91 Å². The topological polar surface area (TPSA) is 80.0 Å². The molecule has 2 rings (SSSR count). The molecule has 0 aliphatic carbocycles. The van der Waals surface area contributed by atoms with Crippen LogP contribution in [0, 0.1) is 11.8 Å². The van der Waals surface area contributed by atoms with Crippen LogP contribution in [-0.4, -0.2) is 38.7 Å². The van der Waals surface area contributed by atoms with Crippen molar-refractivity contribution < 1.29 is 9.90 Å². The van der Waals surface area contributed by atoms with Gasteiger partial charge in [-0.1, -0.05) is 11.8 Å². The fourth-order valence-electron chi connectivity index (χ4n) is 1.55. The smallest absolute Gasteiger partial charge is 0.269 e. The van der Waals surface area contributed by atoms with Crippen molar-refractivity contribution in [1.29, 1.82) is 0 Å². The van der Waals surface area contributed by atoms with Crippen LogP contribution < -0.4 is 5.32 Å². The SMILES string of the molecule is O=C(NCCn1ccnc1)c1ccc(C#CCO)cn1. The van der Waals surface area contributed by atoms with Crippen molar-refractivity contribution in [2.75, 3.05) is 13.2 Å². The Morgan fingerprint density at radius 2 is 2.35 bits per heavy atom. The predicted octanol–water partition coefficient (Wildman–Crippen LogP) is 0.0519. The van der Waals surface area contributed by atoms with E-state index in [-0.39, 0.29) is 12.5 Å². The molecule has 6 nitrogen and oxygen atoms in total. The van der Waals surface area contributed by atoms with Crippen LogP contribution in [0.25, 0.3) is 0 Å². The zero-order valence-electron chi connectivity index (χ0n) is 10.8. The second-order valence-corrected chi connectivity index (χ2v) is 3.95. The number of carbonyl (C=O) groups excluding carboxylic acids is 1. The summed E-state index contributed by atoms with van der Waals surface area (Å²) in [6.07, 6.45) is 6.72. The molecule has 0 radical (unpaired) electrons. The Morgan fingerprint density at radius 1 is 1.45 bits per heavy atom. The molecule has 6 heteroatoms. The first-order valence-electron chi connectivity index (χ1n) is 6.09. The largest absolute Gasteiger partial charge is 0.384 e. The number of rotatable bonds is 4. The van der Waals surface area contributed by atoms with Gasteiger partial charge in [-0.25, -0.2) is 9.97 Å². The maximum Gasteiger partial charge on any atom is 0.269 e. The summed E-state index contributed by atoms with van der Waals surface area (Å²) in [5.74, 6) is 5.01. The summed E-state index contributed by atoms with van der Waals surface area (Å²) in [5, 5.41) is 11.4. The molecule has 0 aliphatic rings. The van der Waals surface area contributed by atoms with Crippen molar-refractivity contribution in [3.63, 3.8) is 0 Å². The van der Waals surface area contributed by atoms with Gasteiger partial charge in [0.05, 0.1) is 6.33 Å².